The van der Waals surface area contributed by atoms with Crippen molar-refractivity contribution < 1.29 is 14.6 Å². The maximum absolute atomic E-state index is 12.4. The highest BCUT2D eigenvalue weighted by atomic mass is 16.5. The van der Waals surface area contributed by atoms with Crippen LogP contribution in [-0.2, 0) is 11.2 Å². The third-order valence-corrected chi connectivity index (χ3v) is 3.94. The Morgan fingerprint density at radius 1 is 1.38 bits per heavy atom. The number of aliphatic hydroxyl groups excluding tert-OH is 1. The summed E-state index contributed by atoms with van der Waals surface area (Å²) < 4.78 is 5.76. The van der Waals surface area contributed by atoms with Gasteiger partial charge in [-0.1, -0.05) is 18.2 Å². The molecule has 1 aromatic rings. The van der Waals surface area contributed by atoms with Crippen LogP contribution in [0.2, 0.25) is 0 Å². The maximum atomic E-state index is 12.4. The third kappa shape index (κ3) is 4.21. The Bertz CT molecular complexity index is 485. The van der Waals surface area contributed by atoms with Crippen molar-refractivity contribution in [3.05, 3.63) is 29.8 Å². The Morgan fingerprint density at radius 2 is 2.10 bits per heavy atom. The van der Waals surface area contributed by atoms with Crippen LogP contribution in [0.15, 0.2) is 24.3 Å². The number of aliphatic hydroxyl groups is 1. The van der Waals surface area contributed by atoms with Crippen molar-refractivity contribution in [1.82, 2.24) is 4.90 Å². The van der Waals surface area contributed by atoms with Gasteiger partial charge in [0, 0.05) is 24.6 Å². The lowest BCUT2D eigenvalue weighted by atomic mass is 10.0. The highest BCUT2D eigenvalue weighted by molar-refractivity contribution is 5.79. The molecule has 0 saturated carbocycles. The van der Waals surface area contributed by atoms with Gasteiger partial charge in [-0.2, -0.15) is 0 Å². The summed E-state index contributed by atoms with van der Waals surface area (Å²) in [4.78, 5) is 14.3. The molecule has 0 aliphatic carbocycles. The number of para-hydroxylation sites is 1. The van der Waals surface area contributed by atoms with Gasteiger partial charge in [-0.3, -0.25) is 4.79 Å². The van der Waals surface area contributed by atoms with Crippen molar-refractivity contribution >= 4 is 5.91 Å². The minimum absolute atomic E-state index is 0.0904. The van der Waals surface area contributed by atoms with Gasteiger partial charge < -0.3 is 14.7 Å². The molecule has 1 heterocycles. The molecule has 4 nitrogen and oxygen atoms in total. The molecule has 116 valence electrons. The third-order valence-electron chi connectivity index (χ3n) is 3.94. The number of hydrogen-bond donors (Lipinski definition) is 1. The number of ether oxygens (including phenoxy) is 1. The van der Waals surface area contributed by atoms with E-state index in [2.05, 4.69) is 0 Å². The predicted octanol–water partition coefficient (Wildman–Crippen LogP) is 2.25. The SMILES string of the molecule is CC(C)Oc1ccccc1CC(=O)N1CCC(C(C)O)C1. The van der Waals surface area contributed by atoms with Gasteiger partial charge in [0.2, 0.25) is 5.91 Å². The highest BCUT2D eigenvalue weighted by Crippen LogP contribution is 2.24. The summed E-state index contributed by atoms with van der Waals surface area (Å²) >= 11 is 0. The summed E-state index contributed by atoms with van der Waals surface area (Å²) in [6.45, 7) is 7.15. The summed E-state index contributed by atoms with van der Waals surface area (Å²) in [7, 11) is 0. The normalized spacial score (nSPS) is 19.9. The quantitative estimate of drug-likeness (QED) is 0.905. The number of carbonyl (C=O) groups excluding carboxylic acids is 1. The molecule has 4 heteroatoms. The van der Waals surface area contributed by atoms with Gasteiger partial charge in [0.1, 0.15) is 5.75 Å². The molecular formula is C17H25NO3. The first-order chi connectivity index (χ1) is 9.97. The second-order valence-corrected chi connectivity index (χ2v) is 6.08. The van der Waals surface area contributed by atoms with E-state index < -0.39 is 0 Å². The molecule has 0 spiro atoms. The van der Waals surface area contributed by atoms with Gasteiger partial charge in [-0.25, -0.2) is 0 Å². The molecule has 1 saturated heterocycles. The van der Waals surface area contributed by atoms with Gasteiger partial charge in [-0.05, 0) is 33.3 Å². The average molecular weight is 291 g/mol. The lowest BCUT2D eigenvalue weighted by molar-refractivity contribution is -0.129. The van der Waals surface area contributed by atoms with Gasteiger partial charge in [0.05, 0.1) is 18.6 Å². The topological polar surface area (TPSA) is 49.8 Å². The van der Waals surface area contributed by atoms with Gasteiger partial charge >= 0.3 is 0 Å². The number of nitrogens with zero attached hydrogens (tertiary/aromatic N) is 1. The van der Waals surface area contributed by atoms with E-state index in [-0.39, 0.29) is 24.0 Å². The van der Waals surface area contributed by atoms with E-state index in [4.69, 9.17) is 4.74 Å². The summed E-state index contributed by atoms with van der Waals surface area (Å²) in [6.07, 6.45) is 0.982. The van der Waals surface area contributed by atoms with Crippen LogP contribution in [0.1, 0.15) is 32.8 Å². The van der Waals surface area contributed by atoms with Gasteiger partial charge in [-0.15, -0.1) is 0 Å². The first-order valence-electron chi connectivity index (χ1n) is 7.67. The Hall–Kier alpha value is -1.55. The fraction of sp³-hybridized carbons (Fsp3) is 0.588. The van der Waals surface area contributed by atoms with Crippen LogP contribution in [0.5, 0.6) is 5.75 Å². The van der Waals surface area contributed by atoms with Gasteiger partial charge in [0.25, 0.3) is 0 Å². The van der Waals surface area contributed by atoms with Crippen LogP contribution in [-0.4, -0.2) is 41.2 Å². The van der Waals surface area contributed by atoms with Crippen molar-refractivity contribution in [2.75, 3.05) is 13.1 Å². The van der Waals surface area contributed by atoms with E-state index >= 15 is 0 Å². The Labute approximate surface area is 126 Å². The molecule has 1 fully saturated rings. The molecule has 1 amide bonds. The lowest BCUT2D eigenvalue weighted by Crippen LogP contribution is -2.31. The molecule has 0 radical (unpaired) electrons. The summed E-state index contributed by atoms with van der Waals surface area (Å²) in [6, 6.07) is 7.70. The minimum atomic E-state index is -0.348. The van der Waals surface area contributed by atoms with E-state index in [1.165, 1.54) is 0 Å². The smallest absolute Gasteiger partial charge is 0.227 e. The standard InChI is InChI=1S/C17H25NO3/c1-12(2)21-16-7-5-4-6-14(16)10-17(20)18-9-8-15(11-18)13(3)19/h4-7,12-13,15,19H,8-11H2,1-3H3. The van der Waals surface area contributed by atoms with E-state index in [0.29, 0.717) is 13.0 Å². The van der Waals surface area contributed by atoms with Crippen molar-refractivity contribution in [1.29, 1.82) is 0 Å². The molecule has 2 rings (SSSR count). The minimum Gasteiger partial charge on any atom is -0.491 e. The fourth-order valence-electron chi connectivity index (χ4n) is 2.70. The average Bonchev–Trinajstić information content (AvgIpc) is 2.90. The molecule has 2 atom stereocenters. The zero-order chi connectivity index (χ0) is 15.4. The molecular weight excluding hydrogens is 266 g/mol. The number of carbonyl (C=O) groups is 1. The number of amides is 1. The summed E-state index contributed by atoms with van der Waals surface area (Å²) in [5, 5.41) is 9.63. The summed E-state index contributed by atoms with van der Waals surface area (Å²) in [5.41, 5.74) is 0.927. The Balaban J connectivity index is 2.00. The van der Waals surface area contributed by atoms with Crippen LogP contribution in [0.4, 0.5) is 0 Å². The van der Waals surface area contributed by atoms with Crippen molar-refractivity contribution in [3.63, 3.8) is 0 Å². The Morgan fingerprint density at radius 3 is 2.71 bits per heavy atom. The largest absolute Gasteiger partial charge is 0.491 e. The summed E-state index contributed by atoms with van der Waals surface area (Å²) in [5.74, 6) is 1.10. The molecule has 21 heavy (non-hydrogen) atoms. The van der Waals surface area contributed by atoms with Gasteiger partial charge in [0.15, 0.2) is 0 Å². The number of likely N-dealkylation sites (tertiary alicyclic amines) is 1. The predicted molar refractivity (Wildman–Crippen MR) is 82.3 cm³/mol. The first-order valence-corrected chi connectivity index (χ1v) is 7.67. The van der Waals surface area contributed by atoms with Crippen LogP contribution in [0, 0.1) is 5.92 Å². The molecule has 1 aliphatic rings. The molecule has 0 bridgehead atoms. The van der Waals surface area contributed by atoms with E-state index in [9.17, 15) is 9.90 Å². The molecule has 1 aliphatic heterocycles. The fourth-order valence-corrected chi connectivity index (χ4v) is 2.70. The van der Waals surface area contributed by atoms with E-state index in [0.717, 1.165) is 24.3 Å². The molecule has 0 aromatic heterocycles. The van der Waals surface area contributed by atoms with E-state index in [1.807, 2.05) is 43.0 Å². The van der Waals surface area contributed by atoms with Crippen molar-refractivity contribution in [2.45, 2.75) is 45.8 Å². The monoisotopic (exact) mass is 291 g/mol. The van der Waals surface area contributed by atoms with E-state index in [1.54, 1.807) is 6.92 Å². The lowest BCUT2D eigenvalue weighted by Gasteiger charge is -2.19. The zero-order valence-corrected chi connectivity index (χ0v) is 13.1. The molecule has 1 N–H and O–H groups in total. The second-order valence-electron chi connectivity index (χ2n) is 6.08. The van der Waals surface area contributed by atoms with Crippen LogP contribution in [0.25, 0.3) is 0 Å². The number of hydrogen-bond acceptors (Lipinski definition) is 3. The van der Waals surface area contributed by atoms with Crippen LogP contribution in [0.3, 0.4) is 0 Å². The van der Waals surface area contributed by atoms with Crippen molar-refractivity contribution in [3.8, 4) is 5.75 Å². The zero-order valence-electron chi connectivity index (χ0n) is 13.1. The highest BCUT2D eigenvalue weighted by Gasteiger charge is 2.29. The molecule has 2 unspecified atom stereocenters. The Kier molecular flexibility index (Phi) is 5.23. The maximum Gasteiger partial charge on any atom is 0.227 e. The second kappa shape index (κ2) is 6.94. The van der Waals surface area contributed by atoms with Crippen LogP contribution < -0.4 is 4.74 Å². The van der Waals surface area contributed by atoms with Crippen LogP contribution >= 0.6 is 0 Å². The number of benzene rings is 1. The number of rotatable bonds is 5. The van der Waals surface area contributed by atoms with Crippen molar-refractivity contribution in [2.24, 2.45) is 5.92 Å². The first kappa shape index (κ1) is 15.8. The molecule has 1 aromatic carbocycles.